The molecule has 9 heteroatoms. The van der Waals surface area contributed by atoms with E-state index in [9.17, 15) is 0 Å². The molecule has 0 amide bonds. The lowest BCUT2D eigenvalue weighted by Gasteiger charge is -2.14. The molecular formula is C17H33N7S2. The van der Waals surface area contributed by atoms with E-state index in [0.717, 1.165) is 37.5 Å². The van der Waals surface area contributed by atoms with Gasteiger partial charge in [0.25, 0.3) is 0 Å². The van der Waals surface area contributed by atoms with Gasteiger partial charge in [0.2, 0.25) is 0 Å². The molecule has 4 N–H and O–H groups in total. The van der Waals surface area contributed by atoms with Gasteiger partial charge >= 0.3 is 0 Å². The Morgan fingerprint density at radius 1 is 0.962 bits per heavy atom. The van der Waals surface area contributed by atoms with Crippen LogP contribution in [0.25, 0.3) is 0 Å². The predicted octanol–water partition coefficient (Wildman–Crippen LogP) is 1.81. The first kappa shape index (κ1) is 22.7. The fraction of sp³-hybridized carbons (Fsp3) is 0.765. The molecule has 0 aromatic carbocycles. The van der Waals surface area contributed by atoms with Gasteiger partial charge in [0.1, 0.15) is 0 Å². The zero-order chi connectivity index (χ0) is 19.4. The molecule has 0 spiro atoms. The second-order valence-electron chi connectivity index (χ2n) is 6.88. The first-order valence-corrected chi connectivity index (χ1v) is 10.1. The summed E-state index contributed by atoms with van der Waals surface area (Å²) in [5.41, 5.74) is 7.16. The van der Waals surface area contributed by atoms with Crippen LogP contribution in [0.2, 0.25) is 0 Å². The molecule has 0 saturated carbocycles. The SMILES string of the molecule is CC(=N\NC(=S)NCCCN1CCCC1)/C(C)=N/NC(=S)NCC(C)C. The maximum absolute atomic E-state index is 5.24. The molecule has 0 bridgehead atoms. The molecule has 1 fully saturated rings. The van der Waals surface area contributed by atoms with Crippen molar-refractivity contribution < 1.29 is 0 Å². The number of thiocarbonyl (C=S) groups is 2. The molecule has 1 aliphatic rings. The lowest BCUT2D eigenvalue weighted by molar-refractivity contribution is 0.334. The Bertz CT molecular complexity index is 511. The van der Waals surface area contributed by atoms with Crippen LogP contribution in [0.15, 0.2) is 10.2 Å². The van der Waals surface area contributed by atoms with Crippen molar-refractivity contribution in [3.8, 4) is 0 Å². The highest BCUT2D eigenvalue weighted by Gasteiger charge is 2.10. The molecule has 0 aliphatic carbocycles. The Morgan fingerprint density at radius 3 is 2.04 bits per heavy atom. The highest BCUT2D eigenvalue weighted by atomic mass is 32.1. The van der Waals surface area contributed by atoms with Crippen molar-refractivity contribution >= 4 is 46.1 Å². The van der Waals surface area contributed by atoms with Crippen molar-refractivity contribution in [2.24, 2.45) is 16.1 Å². The second-order valence-corrected chi connectivity index (χ2v) is 7.70. The second kappa shape index (κ2) is 12.9. The maximum Gasteiger partial charge on any atom is 0.186 e. The first-order chi connectivity index (χ1) is 12.4. The highest BCUT2D eigenvalue weighted by Crippen LogP contribution is 2.06. The van der Waals surface area contributed by atoms with Crippen LogP contribution >= 0.6 is 24.4 Å². The number of nitrogens with one attached hydrogen (secondary N) is 4. The summed E-state index contributed by atoms with van der Waals surface area (Å²) in [6.45, 7) is 13.2. The average molecular weight is 400 g/mol. The van der Waals surface area contributed by atoms with Gasteiger partial charge in [-0.05, 0) is 83.1 Å². The van der Waals surface area contributed by atoms with Gasteiger partial charge in [-0.15, -0.1) is 0 Å². The number of rotatable bonds is 9. The van der Waals surface area contributed by atoms with Crippen LogP contribution in [0.4, 0.5) is 0 Å². The summed E-state index contributed by atoms with van der Waals surface area (Å²) in [7, 11) is 0. The number of hydrazone groups is 2. The molecule has 148 valence electrons. The fourth-order valence-electron chi connectivity index (χ4n) is 2.32. The third kappa shape index (κ3) is 10.6. The van der Waals surface area contributed by atoms with Gasteiger partial charge in [0.05, 0.1) is 11.4 Å². The molecular weight excluding hydrogens is 366 g/mol. The summed E-state index contributed by atoms with van der Waals surface area (Å²) in [6.07, 6.45) is 3.74. The van der Waals surface area contributed by atoms with Gasteiger partial charge < -0.3 is 15.5 Å². The minimum absolute atomic E-state index is 0.508. The van der Waals surface area contributed by atoms with Crippen LogP contribution < -0.4 is 21.5 Å². The van der Waals surface area contributed by atoms with Gasteiger partial charge in [0.15, 0.2) is 10.2 Å². The van der Waals surface area contributed by atoms with Crippen molar-refractivity contribution in [2.45, 2.75) is 47.0 Å². The van der Waals surface area contributed by atoms with Crippen LogP contribution in [0.5, 0.6) is 0 Å². The lowest BCUT2D eigenvalue weighted by atomic mass is 10.2. The standard InChI is InChI=1S/C17H33N7S2/c1-13(2)12-19-17(26)23-21-15(4)14(3)20-22-16(25)18-8-7-11-24-9-5-6-10-24/h13H,5-12H2,1-4H3,(H2,18,22,25)(H2,19,23,26)/b20-14+,21-15+. The highest BCUT2D eigenvalue weighted by molar-refractivity contribution is 7.80. The van der Waals surface area contributed by atoms with E-state index >= 15 is 0 Å². The summed E-state index contributed by atoms with van der Waals surface area (Å²) in [5.74, 6) is 0.524. The van der Waals surface area contributed by atoms with Gasteiger partial charge in [-0.1, -0.05) is 13.8 Å². The zero-order valence-electron chi connectivity index (χ0n) is 16.4. The first-order valence-electron chi connectivity index (χ1n) is 9.27. The monoisotopic (exact) mass is 399 g/mol. The van der Waals surface area contributed by atoms with E-state index in [1.807, 2.05) is 13.8 Å². The fourth-order valence-corrected chi connectivity index (χ4v) is 2.59. The largest absolute Gasteiger partial charge is 0.361 e. The average Bonchev–Trinajstić information content (AvgIpc) is 3.12. The molecule has 0 atom stereocenters. The molecule has 26 heavy (non-hydrogen) atoms. The van der Waals surface area contributed by atoms with Crippen LogP contribution in [0.3, 0.4) is 0 Å². The number of nitrogens with zero attached hydrogens (tertiary/aromatic N) is 3. The normalized spacial score (nSPS) is 15.9. The number of hydrogen-bond donors (Lipinski definition) is 4. The zero-order valence-corrected chi connectivity index (χ0v) is 18.0. The van der Waals surface area contributed by atoms with E-state index in [1.165, 1.54) is 25.9 Å². The molecule has 0 aromatic rings. The van der Waals surface area contributed by atoms with Crippen LogP contribution in [-0.4, -0.2) is 59.3 Å². The third-order valence-electron chi connectivity index (χ3n) is 3.98. The van der Waals surface area contributed by atoms with Gasteiger partial charge in [-0.2, -0.15) is 10.2 Å². The van der Waals surface area contributed by atoms with Gasteiger partial charge in [0, 0.05) is 13.1 Å². The van der Waals surface area contributed by atoms with Crippen molar-refractivity contribution in [3.63, 3.8) is 0 Å². The van der Waals surface area contributed by atoms with Crippen molar-refractivity contribution in [2.75, 3.05) is 32.7 Å². The van der Waals surface area contributed by atoms with E-state index in [1.54, 1.807) is 0 Å². The molecule has 0 radical (unpaired) electrons. The van der Waals surface area contributed by atoms with E-state index in [-0.39, 0.29) is 0 Å². The Labute approximate surface area is 168 Å². The van der Waals surface area contributed by atoms with Crippen LogP contribution in [0, 0.1) is 5.92 Å². The lowest BCUT2D eigenvalue weighted by Crippen LogP contribution is -2.36. The predicted molar refractivity (Wildman–Crippen MR) is 119 cm³/mol. The van der Waals surface area contributed by atoms with Crippen LogP contribution in [-0.2, 0) is 0 Å². The quantitative estimate of drug-likeness (QED) is 0.204. The van der Waals surface area contributed by atoms with E-state index in [2.05, 4.69) is 50.4 Å². The summed E-state index contributed by atoms with van der Waals surface area (Å²) in [6, 6.07) is 0. The van der Waals surface area contributed by atoms with Crippen molar-refractivity contribution in [3.05, 3.63) is 0 Å². The smallest absolute Gasteiger partial charge is 0.186 e. The number of hydrogen-bond acceptors (Lipinski definition) is 5. The van der Waals surface area contributed by atoms with E-state index < -0.39 is 0 Å². The minimum Gasteiger partial charge on any atom is -0.361 e. The summed E-state index contributed by atoms with van der Waals surface area (Å²) < 4.78 is 0. The molecule has 0 unspecified atom stereocenters. The van der Waals surface area contributed by atoms with E-state index in [4.69, 9.17) is 24.4 Å². The summed E-state index contributed by atoms with van der Waals surface area (Å²) >= 11 is 10.4. The Hall–Kier alpha value is -1.32. The van der Waals surface area contributed by atoms with Gasteiger partial charge in [-0.25, -0.2) is 0 Å². The Morgan fingerprint density at radius 2 is 1.50 bits per heavy atom. The minimum atomic E-state index is 0.508. The Balaban J connectivity index is 2.21. The van der Waals surface area contributed by atoms with Gasteiger partial charge in [-0.3, -0.25) is 10.9 Å². The van der Waals surface area contributed by atoms with Crippen molar-refractivity contribution in [1.29, 1.82) is 0 Å². The van der Waals surface area contributed by atoms with Crippen LogP contribution in [0.1, 0.15) is 47.0 Å². The molecule has 1 saturated heterocycles. The molecule has 0 aromatic heterocycles. The third-order valence-corrected chi connectivity index (χ3v) is 4.45. The Kier molecular flexibility index (Phi) is 11.3. The summed E-state index contributed by atoms with van der Waals surface area (Å²) in [4.78, 5) is 2.49. The van der Waals surface area contributed by atoms with E-state index in [0.29, 0.717) is 16.1 Å². The number of likely N-dealkylation sites (tertiary alicyclic amines) is 1. The topological polar surface area (TPSA) is 76.1 Å². The maximum atomic E-state index is 5.24. The molecule has 7 nitrogen and oxygen atoms in total. The molecule has 1 heterocycles. The molecule has 1 rings (SSSR count). The van der Waals surface area contributed by atoms with Crippen molar-refractivity contribution in [1.82, 2.24) is 26.4 Å². The molecule has 1 aliphatic heterocycles. The summed E-state index contributed by atoms with van der Waals surface area (Å²) in [5, 5.41) is 15.8.